The molecule has 0 radical (unpaired) electrons. The Morgan fingerprint density at radius 2 is 1.36 bits per heavy atom. The van der Waals surface area contributed by atoms with Gasteiger partial charge in [0.2, 0.25) is 0 Å². The first-order valence-electron chi connectivity index (χ1n) is 29.4. The van der Waals surface area contributed by atoms with Crippen molar-refractivity contribution >= 4 is 17.5 Å². The van der Waals surface area contributed by atoms with Crippen molar-refractivity contribution in [3.05, 3.63) is 46.3 Å². The van der Waals surface area contributed by atoms with Crippen molar-refractivity contribution in [2.75, 3.05) is 13.7 Å². The van der Waals surface area contributed by atoms with Crippen LogP contribution >= 0.6 is 0 Å². The van der Waals surface area contributed by atoms with Crippen molar-refractivity contribution in [3.63, 3.8) is 0 Å². The van der Waals surface area contributed by atoms with Crippen LogP contribution in [0.4, 0.5) is 0 Å². The third kappa shape index (κ3) is 11.1. The number of carbonyl (C=O) groups is 3. The van der Waals surface area contributed by atoms with Crippen LogP contribution < -0.4 is 0 Å². The molecule has 17 nitrogen and oxygen atoms in total. The van der Waals surface area contributed by atoms with Gasteiger partial charge < -0.3 is 68.5 Å². The van der Waals surface area contributed by atoms with E-state index in [0.29, 0.717) is 32.1 Å². The molecule has 4 aliphatic heterocycles. The molecule has 8 rings (SSSR count). The summed E-state index contributed by atoms with van der Waals surface area (Å²) in [4.78, 5) is 44.8. The first-order chi connectivity index (χ1) is 36.8. The van der Waals surface area contributed by atoms with Gasteiger partial charge in [-0.1, -0.05) is 89.8 Å². The molecule has 6 N–H and O–H groups in total. The minimum atomic E-state index is -1.54. The number of aliphatic hydroxyl groups excluding tert-OH is 6. The van der Waals surface area contributed by atoms with Crippen LogP contribution in [-0.2, 0) is 52.3 Å². The van der Waals surface area contributed by atoms with Crippen LogP contribution in [0.5, 0.6) is 0 Å². The van der Waals surface area contributed by atoms with Gasteiger partial charge in [0.25, 0.3) is 0 Å². The summed E-state index contributed by atoms with van der Waals surface area (Å²) in [5, 5.41) is 68.4. The summed E-state index contributed by atoms with van der Waals surface area (Å²) in [5.41, 5.74) is -1.53. The second-order valence-corrected chi connectivity index (χ2v) is 25.4. The number of hydrogen-bond donors (Lipinski definition) is 6. The number of rotatable bonds is 10. The van der Waals surface area contributed by atoms with E-state index in [0.717, 1.165) is 16.7 Å². The van der Waals surface area contributed by atoms with Crippen molar-refractivity contribution in [3.8, 4) is 0 Å². The van der Waals surface area contributed by atoms with Crippen LogP contribution in [0.25, 0.3) is 0 Å². The standard InChI is InChI=1S/C61H94O17/c1-14-39-21-38(28-62)19-31(5)53(75-47-24-44(66)54(36(10)73-47)76-48-25-45(71-13)55(37(11)74-48)77-46-23-43(65)52(67)35(9)72-46)29(3)17-16-18-59(12)26-32(6)33(7)27-61(59)57(69)49(58(70)78-61)56(68)60(15-2)50(39)30(4)20-40-42(64)22-41(63)34(8)51(40)60/h20-21,26,29,31,33-38,40,42-48,50-55,62,64-67,69H,14-19,22-25,27-28H2,1-13H3/b39-21+/t29-,31-,33-,34+,35-,36-,37+,38-,40-,42+,43+,44+,45+,46-,47+,48-,50+,51-,52-,53-,54-,55?,59-,60-,61-/m1/s1. The van der Waals surface area contributed by atoms with E-state index in [1.54, 1.807) is 14.0 Å². The molecule has 4 aliphatic carbocycles. The summed E-state index contributed by atoms with van der Waals surface area (Å²) >= 11 is 0. The SMILES string of the molecule is CC/C1=C\[C@H](CO)C[C@@H](C)[C@H](O[C@H]2C[C@H](O)[C@H](O[C@@H]3C[C@H](OC)C(O[C@@H]4C[C@H](O)[C@H](O)[C@@H](C)O4)[C@H](C)O3)[C@@H](C)O2)[C@H](C)CCC[C@]2(C)C=C(C)[C@H](C)C[C@]23OC(=O)C(=C3O)C(=O)[C@@]2(CC)[C@H]3[C@H](C=C(C)[C@@H]12)[C@@H](O)CC(=O)[C@@H]3C. The van der Waals surface area contributed by atoms with E-state index in [9.17, 15) is 40.2 Å². The maximum Gasteiger partial charge on any atom is 0.346 e. The number of allylic oxidation sites excluding steroid dienone is 3. The number of fused-ring (bicyclic) bond motifs is 3. The van der Waals surface area contributed by atoms with Gasteiger partial charge in [-0.05, 0) is 90.4 Å². The summed E-state index contributed by atoms with van der Waals surface area (Å²) < 4.78 is 51.0. The third-order valence-corrected chi connectivity index (χ3v) is 20.3. The fraction of sp³-hybridized carbons (Fsp3) is 0.820. The Morgan fingerprint density at radius 1 is 0.744 bits per heavy atom. The highest BCUT2D eigenvalue weighted by Gasteiger charge is 2.67. The van der Waals surface area contributed by atoms with E-state index in [1.165, 1.54) is 0 Å². The topological polar surface area (TPSA) is 246 Å². The highest BCUT2D eigenvalue weighted by atomic mass is 16.7. The Morgan fingerprint density at radius 3 is 1.97 bits per heavy atom. The normalized spacial score (nSPS) is 48.6. The lowest BCUT2D eigenvalue weighted by molar-refractivity contribution is -0.338. The molecular formula is C61H94O17. The van der Waals surface area contributed by atoms with Gasteiger partial charge in [0.05, 0.1) is 48.8 Å². The largest absolute Gasteiger partial charge is 0.507 e. The van der Waals surface area contributed by atoms with Gasteiger partial charge in [-0.25, -0.2) is 4.79 Å². The van der Waals surface area contributed by atoms with E-state index < -0.39 is 144 Å². The lowest BCUT2D eigenvalue weighted by Crippen LogP contribution is -2.59. The number of carbonyl (C=O) groups excluding carboxylic acids is 3. The summed E-state index contributed by atoms with van der Waals surface area (Å²) in [7, 11) is 1.57. The monoisotopic (exact) mass is 1100 g/mol. The number of aliphatic hydroxyl groups is 6. The number of ether oxygens (including phenoxy) is 8. The maximum absolute atomic E-state index is 16.2. The van der Waals surface area contributed by atoms with Crippen LogP contribution in [0.3, 0.4) is 0 Å². The Kier molecular flexibility index (Phi) is 18.9. The van der Waals surface area contributed by atoms with E-state index in [-0.39, 0.29) is 80.0 Å². The molecule has 1 spiro atoms. The Balaban J connectivity index is 1.09. The molecule has 2 bridgehead atoms. The Labute approximate surface area is 462 Å². The molecule has 440 valence electrons. The average Bonchev–Trinajstić information content (AvgIpc) is 3.46. The highest BCUT2D eigenvalue weighted by Crippen LogP contribution is 2.63. The summed E-state index contributed by atoms with van der Waals surface area (Å²) in [5.74, 6) is -5.29. The molecule has 1 unspecified atom stereocenters. The van der Waals surface area contributed by atoms with E-state index >= 15 is 4.79 Å². The highest BCUT2D eigenvalue weighted by molar-refractivity contribution is 6.22. The smallest absolute Gasteiger partial charge is 0.346 e. The fourth-order valence-corrected chi connectivity index (χ4v) is 16.0. The van der Waals surface area contributed by atoms with Crippen molar-refractivity contribution in [1.82, 2.24) is 0 Å². The van der Waals surface area contributed by atoms with Gasteiger partial charge in [-0.3, -0.25) is 9.59 Å². The molecule has 25 atom stereocenters. The fourth-order valence-electron chi connectivity index (χ4n) is 16.0. The van der Waals surface area contributed by atoms with Gasteiger partial charge in [-0.2, -0.15) is 0 Å². The molecule has 3 saturated heterocycles. The number of esters is 1. The predicted molar refractivity (Wildman–Crippen MR) is 287 cm³/mol. The third-order valence-electron chi connectivity index (χ3n) is 20.3. The average molecular weight is 1100 g/mol. The Bertz CT molecular complexity index is 2290. The van der Waals surface area contributed by atoms with E-state index in [1.807, 2.05) is 61.5 Å². The van der Waals surface area contributed by atoms with Gasteiger partial charge >= 0.3 is 5.97 Å². The second kappa shape index (κ2) is 24.1. The van der Waals surface area contributed by atoms with Gasteiger partial charge in [0.1, 0.15) is 29.7 Å². The number of methoxy groups -OCH3 is 1. The number of Topliss-reactive ketones (excluding diaryl/α,β-unsaturated/α-hetero) is 2. The van der Waals surface area contributed by atoms with E-state index in [2.05, 4.69) is 32.9 Å². The summed E-state index contributed by atoms with van der Waals surface area (Å²) in [6.07, 6.45) is -0.684. The van der Waals surface area contributed by atoms with Crippen molar-refractivity contribution in [1.29, 1.82) is 0 Å². The number of hydrogen-bond acceptors (Lipinski definition) is 17. The molecule has 78 heavy (non-hydrogen) atoms. The summed E-state index contributed by atoms with van der Waals surface area (Å²) in [6, 6.07) is 0. The van der Waals surface area contributed by atoms with E-state index in [4.69, 9.17) is 37.9 Å². The quantitative estimate of drug-likeness (QED) is 0.0715. The molecule has 0 amide bonds. The minimum Gasteiger partial charge on any atom is -0.507 e. The zero-order valence-corrected chi connectivity index (χ0v) is 48.6. The van der Waals surface area contributed by atoms with Gasteiger partial charge in [0, 0.05) is 80.3 Å². The summed E-state index contributed by atoms with van der Waals surface area (Å²) in [6.45, 7) is 23.2. The molecule has 1 saturated carbocycles. The lowest BCUT2D eigenvalue weighted by Gasteiger charge is -2.56. The molecule has 0 aromatic heterocycles. The van der Waals surface area contributed by atoms with Crippen LogP contribution in [0, 0.1) is 58.2 Å². The minimum absolute atomic E-state index is 0.0494. The van der Waals surface area contributed by atoms with Crippen LogP contribution in [0.2, 0.25) is 0 Å². The first kappa shape index (κ1) is 61.2. The van der Waals surface area contributed by atoms with Crippen molar-refractivity contribution < 1.29 is 82.9 Å². The van der Waals surface area contributed by atoms with Crippen molar-refractivity contribution in [2.24, 2.45) is 58.2 Å². The van der Waals surface area contributed by atoms with Crippen LogP contribution in [0.15, 0.2) is 46.3 Å². The molecule has 0 aromatic rings. The van der Waals surface area contributed by atoms with Gasteiger partial charge in [-0.15, -0.1) is 0 Å². The molecule has 4 fully saturated rings. The van der Waals surface area contributed by atoms with Gasteiger partial charge in [0.15, 0.2) is 36.0 Å². The van der Waals surface area contributed by atoms with Crippen LogP contribution in [0.1, 0.15) is 154 Å². The molecular weight excluding hydrogens is 1000 g/mol. The first-order valence-corrected chi connectivity index (χ1v) is 29.4. The second-order valence-electron chi connectivity index (χ2n) is 25.4. The molecule has 17 heteroatoms. The molecule has 0 aromatic carbocycles. The zero-order valence-electron chi connectivity index (χ0n) is 48.6. The molecule has 8 aliphatic rings. The lowest BCUT2D eigenvalue weighted by atomic mass is 9.46. The van der Waals surface area contributed by atoms with Crippen molar-refractivity contribution in [2.45, 2.75) is 245 Å². The number of ketones is 2. The maximum atomic E-state index is 16.2. The molecule has 4 heterocycles. The Hall–Kier alpha value is -2.91. The predicted octanol–water partition coefficient (Wildman–Crippen LogP) is 7.28. The van der Waals surface area contributed by atoms with Crippen LogP contribution in [-0.4, -0.2) is 154 Å². The zero-order chi connectivity index (χ0) is 57.1.